The zero-order valence-corrected chi connectivity index (χ0v) is 13.3. The molecule has 0 unspecified atom stereocenters. The van der Waals surface area contributed by atoms with Crippen molar-refractivity contribution in [3.8, 4) is 5.75 Å². The number of hydrogen-bond donors (Lipinski definition) is 2. The van der Waals surface area contributed by atoms with E-state index in [9.17, 15) is 18.4 Å². The fourth-order valence-corrected chi connectivity index (χ4v) is 2.05. The Hall–Kier alpha value is -3.22. The van der Waals surface area contributed by atoms with Gasteiger partial charge in [-0.3, -0.25) is 9.59 Å². The number of halogens is 2. The summed E-state index contributed by atoms with van der Waals surface area (Å²) in [4.78, 5) is 23.0. The van der Waals surface area contributed by atoms with E-state index >= 15 is 0 Å². The molecule has 2 rings (SSSR count). The molecule has 0 atom stereocenters. The third-order valence-electron chi connectivity index (χ3n) is 3.00. The van der Waals surface area contributed by atoms with Gasteiger partial charge in [0, 0.05) is 29.9 Å². The molecule has 0 heterocycles. The highest BCUT2D eigenvalue weighted by Gasteiger charge is 2.07. The molecule has 2 aromatic rings. The van der Waals surface area contributed by atoms with Gasteiger partial charge in [-0.15, -0.1) is 0 Å². The number of alkyl halides is 2. The molecule has 2 N–H and O–H groups in total. The van der Waals surface area contributed by atoms with Crippen LogP contribution in [-0.4, -0.2) is 18.4 Å². The largest absolute Gasteiger partial charge is 0.434 e. The van der Waals surface area contributed by atoms with Crippen molar-refractivity contribution >= 4 is 29.3 Å². The predicted octanol–water partition coefficient (Wildman–Crippen LogP) is 3.90. The summed E-state index contributed by atoms with van der Waals surface area (Å²) in [6.45, 7) is -1.56. The average Bonchev–Trinajstić information content (AvgIpc) is 2.53. The number of ether oxygens (including phenoxy) is 1. The van der Waals surface area contributed by atoms with Gasteiger partial charge >= 0.3 is 6.61 Å². The lowest BCUT2D eigenvalue weighted by atomic mass is 10.2. The summed E-state index contributed by atoms with van der Waals surface area (Å²) in [6, 6.07) is 12.8. The second-order valence-corrected chi connectivity index (χ2v) is 5.00. The first-order valence-electron chi connectivity index (χ1n) is 7.34. The normalized spacial score (nSPS) is 10.7. The molecule has 0 aliphatic carbocycles. The molecule has 0 radical (unpaired) electrons. The molecule has 25 heavy (non-hydrogen) atoms. The Morgan fingerprint density at radius 2 is 1.72 bits per heavy atom. The first-order valence-corrected chi connectivity index (χ1v) is 7.34. The molecule has 0 fully saturated rings. The van der Waals surface area contributed by atoms with Crippen LogP contribution in [0.4, 0.5) is 20.2 Å². The van der Waals surface area contributed by atoms with Crippen LogP contribution in [-0.2, 0) is 9.59 Å². The van der Waals surface area contributed by atoms with E-state index < -0.39 is 12.5 Å². The van der Waals surface area contributed by atoms with E-state index in [-0.39, 0.29) is 11.7 Å². The fraction of sp³-hybridized carbons (Fsp3) is 0.111. The summed E-state index contributed by atoms with van der Waals surface area (Å²) in [6.07, 6.45) is 2.59. The highest BCUT2D eigenvalue weighted by atomic mass is 19.3. The standard InChI is InChI=1S/C18H16F2N2O3/c1-12(23)21-14-6-4-7-15(11-14)22-17(24)10-9-13-5-2-3-8-16(13)25-18(19)20/h2-11,18H,1H3,(H,21,23)(H,22,24)/b10-9+. The van der Waals surface area contributed by atoms with Crippen molar-refractivity contribution in [1.82, 2.24) is 0 Å². The van der Waals surface area contributed by atoms with Crippen LogP contribution in [0.1, 0.15) is 12.5 Å². The van der Waals surface area contributed by atoms with E-state index in [1.807, 2.05) is 0 Å². The Morgan fingerprint density at radius 3 is 2.40 bits per heavy atom. The van der Waals surface area contributed by atoms with Crippen LogP contribution in [0, 0.1) is 0 Å². The summed E-state index contributed by atoms with van der Waals surface area (Å²) in [5, 5.41) is 5.23. The number of hydrogen-bond acceptors (Lipinski definition) is 3. The van der Waals surface area contributed by atoms with Gasteiger partial charge < -0.3 is 15.4 Å². The molecule has 0 saturated heterocycles. The van der Waals surface area contributed by atoms with Gasteiger partial charge in [0.1, 0.15) is 5.75 Å². The predicted molar refractivity (Wildman–Crippen MR) is 91.5 cm³/mol. The maximum absolute atomic E-state index is 12.4. The third-order valence-corrected chi connectivity index (χ3v) is 3.00. The smallest absolute Gasteiger partial charge is 0.387 e. The van der Waals surface area contributed by atoms with Gasteiger partial charge in [-0.25, -0.2) is 0 Å². The van der Waals surface area contributed by atoms with Crippen molar-refractivity contribution in [2.24, 2.45) is 0 Å². The Labute approximate surface area is 143 Å². The number of anilines is 2. The van der Waals surface area contributed by atoms with E-state index in [2.05, 4.69) is 15.4 Å². The van der Waals surface area contributed by atoms with Gasteiger partial charge in [-0.2, -0.15) is 8.78 Å². The molecular weight excluding hydrogens is 330 g/mol. The van der Waals surface area contributed by atoms with Gasteiger partial charge in [0.2, 0.25) is 11.8 Å². The minimum Gasteiger partial charge on any atom is -0.434 e. The van der Waals surface area contributed by atoms with Gasteiger partial charge in [-0.05, 0) is 30.3 Å². The van der Waals surface area contributed by atoms with Crippen LogP contribution in [0.2, 0.25) is 0 Å². The van der Waals surface area contributed by atoms with Crippen LogP contribution in [0.3, 0.4) is 0 Å². The number of rotatable bonds is 6. The molecule has 0 aliphatic rings. The quantitative estimate of drug-likeness (QED) is 0.780. The summed E-state index contributed by atoms with van der Waals surface area (Å²) in [7, 11) is 0. The second kappa shape index (κ2) is 8.58. The molecule has 0 aliphatic heterocycles. The zero-order chi connectivity index (χ0) is 18.2. The Morgan fingerprint density at radius 1 is 1.04 bits per heavy atom. The summed E-state index contributed by atoms with van der Waals surface area (Å²) in [5.74, 6) is -0.694. The van der Waals surface area contributed by atoms with Gasteiger partial charge in [-0.1, -0.05) is 24.3 Å². The molecule has 0 bridgehead atoms. The number of para-hydroxylation sites is 1. The number of nitrogens with one attached hydrogen (secondary N) is 2. The van der Waals surface area contributed by atoms with E-state index in [4.69, 9.17) is 0 Å². The van der Waals surface area contributed by atoms with Crippen LogP contribution in [0.5, 0.6) is 5.75 Å². The monoisotopic (exact) mass is 346 g/mol. The average molecular weight is 346 g/mol. The van der Waals surface area contributed by atoms with Crippen LogP contribution < -0.4 is 15.4 Å². The van der Waals surface area contributed by atoms with Crippen molar-refractivity contribution in [3.63, 3.8) is 0 Å². The Bertz CT molecular complexity index is 791. The topological polar surface area (TPSA) is 67.4 Å². The molecule has 0 aromatic heterocycles. The lowest BCUT2D eigenvalue weighted by Gasteiger charge is -2.08. The molecule has 0 saturated carbocycles. The molecule has 2 amide bonds. The van der Waals surface area contributed by atoms with Crippen LogP contribution in [0.15, 0.2) is 54.6 Å². The Kier molecular flexibility index (Phi) is 6.22. The van der Waals surface area contributed by atoms with Gasteiger partial charge in [0.25, 0.3) is 0 Å². The van der Waals surface area contributed by atoms with Crippen LogP contribution in [0.25, 0.3) is 6.08 Å². The number of benzene rings is 2. The molecule has 7 heteroatoms. The zero-order valence-electron chi connectivity index (χ0n) is 13.3. The second-order valence-electron chi connectivity index (χ2n) is 5.00. The molecule has 5 nitrogen and oxygen atoms in total. The third kappa shape index (κ3) is 6.06. The maximum Gasteiger partial charge on any atom is 0.387 e. The van der Waals surface area contributed by atoms with E-state index in [0.717, 1.165) is 0 Å². The SMILES string of the molecule is CC(=O)Nc1cccc(NC(=O)/C=C/c2ccccc2OC(F)F)c1. The maximum atomic E-state index is 12.4. The Balaban J connectivity index is 2.05. The summed E-state index contributed by atoms with van der Waals surface area (Å²) >= 11 is 0. The van der Waals surface area contributed by atoms with E-state index in [1.165, 1.54) is 25.1 Å². The summed E-state index contributed by atoms with van der Waals surface area (Å²) < 4.78 is 29.1. The highest BCUT2D eigenvalue weighted by Crippen LogP contribution is 2.21. The first-order chi connectivity index (χ1) is 11.9. The number of amides is 2. The lowest BCUT2D eigenvalue weighted by molar-refractivity contribution is -0.114. The highest BCUT2D eigenvalue weighted by molar-refractivity contribution is 6.02. The minimum atomic E-state index is -2.94. The molecule has 130 valence electrons. The van der Waals surface area contributed by atoms with Crippen molar-refractivity contribution < 1.29 is 23.1 Å². The van der Waals surface area contributed by atoms with Crippen molar-refractivity contribution in [1.29, 1.82) is 0 Å². The summed E-state index contributed by atoms with van der Waals surface area (Å²) in [5.41, 5.74) is 1.38. The molecule has 0 spiro atoms. The van der Waals surface area contributed by atoms with Crippen molar-refractivity contribution in [3.05, 3.63) is 60.2 Å². The first kappa shape index (κ1) is 18.1. The fourth-order valence-electron chi connectivity index (χ4n) is 2.05. The van der Waals surface area contributed by atoms with Gasteiger partial charge in [0.15, 0.2) is 0 Å². The van der Waals surface area contributed by atoms with E-state index in [1.54, 1.807) is 42.5 Å². The molecular formula is C18H16F2N2O3. The van der Waals surface area contributed by atoms with Crippen molar-refractivity contribution in [2.45, 2.75) is 13.5 Å². The van der Waals surface area contributed by atoms with Crippen LogP contribution >= 0.6 is 0 Å². The number of carbonyl (C=O) groups excluding carboxylic acids is 2. The van der Waals surface area contributed by atoms with E-state index in [0.29, 0.717) is 16.9 Å². The minimum absolute atomic E-state index is 0.0193. The number of carbonyl (C=O) groups is 2. The molecule has 2 aromatic carbocycles. The lowest BCUT2D eigenvalue weighted by Crippen LogP contribution is -2.09. The van der Waals surface area contributed by atoms with Gasteiger partial charge in [0.05, 0.1) is 0 Å². The van der Waals surface area contributed by atoms with Crippen molar-refractivity contribution in [2.75, 3.05) is 10.6 Å².